The van der Waals surface area contributed by atoms with Crippen molar-refractivity contribution in [1.82, 2.24) is 15.2 Å². The largest absolute Gasteiger partial charge is 0.383 e. The summed E-state index contributed by atoms with van der Waals surface area (Å²) in [6.07, 6.45) is 1.63. The van der Waals surface area contributed by atoms with Gasteiger partial charge in [-0.3, -0.25) is 0 Å². The number of carbonyl (C=O) groups excluding carboxylic acids is 1. The van der Waals surface area contributed by atoms with Gasteiger partial charge in [0.05, 0.1) is 0 Å². The Labute approximate surface area is 99.8 Å². The third-order valence-corrected chi connectivity index (χ3v) is 2.07. The number of aromatic nitrogens is 1. The highest BCUT2D eigenvalue weighted by atomic mass is 35.5. The van der Waals surface area contributed by atoms with Gasteiger partial charge in [-0.05, 0) is 12.1 Å². The number of amides is 2. The summed E-state index contributed by atoms with van der Waals surface area (Å²) in [4.78, 5) is 16.5. The lowest BCUT2D eigenvalue weighted by atomic mass is 10.4. The Morgan fingerprint density at radius 1 is 1.50 bits per heavy atom. The monoisotopic (exact) mass is 242 g/mol. The topological polar surface area (TPSA) is 57.3 Å². The number of urea groups is 1. The van der Waals surface area contributed by atoms with E-state index in [2.05, 4.69) is 15.6 Å². The summed E-state index contributed by atoms with van der Waals surface area (Å²) in [5.41, 5.74) is 0.888. The van der Waals surface area contributed by atoms with E-state index in [1.165, 1.54) is 4.90 Å². The van der Waals surface area contributed by atoms with Gasteiger partial charge in [-0.2, -0.15) is 0 Å². The molecular weight excluding hydrogens is 228 g/mol. The van der Waals surface area contributed by atoms with Crippen LogP contribution in [0, 0.1) is 0 Å². The van der Waals surface area contributed by atoms with Crippen molar-refractivity contribution in [1.29, 1.82) is 0 Å². The third kappa shape index (κ3) is 4.35. The fourth-order valence-corrected chi connectivity index (χ4v) is 1.22. The van der Waals surface area contributed by atoms with Gasteiger partial charge in [0.2, 0.25) is 0 Å². The molecule has 0 radical (unpaired) electrons. The fraction of sp³-hybridized carbons (Fsp3) is 0.400. The molecule has 5 nitrogen and oxygen atoms in total. The minimum Gasteiger partial charge on any atom is -0.383 e. The Kier molecular flexibility index (Phi) is 4.85. The van der Waals surface area contributed by atoms with E-state index in [0.29, 0.717) is 18.2 Å². The normalized spacial score (nSPS) is 9.69. The number of nitrogens with zero attached hydrogens (tertiary/aromatic N) is 2. The van der Waals surface area contributed by atoms with Crippen LogP contribution < -0.4 is 10.6 Å². The Balaban J connectivity index is 2.23. The number of nitrogens with one attached hydrogen (secondary N) is 2. The molecule has 2 N–H and O–H groups in total. The molecule has 0 bridgehead atoms. The average molecular weight is 243 g/mol. The highest BCUT2D eigenvalue weighted by Crippen LogP contribution is 2.10. The molecule has 0 aliphatic carbocycles. The van der Waals surface area contributed by atoms with E-state index in [0.717, 1.165) is 5.69 Å². The second-order valence-corrected chi connectivity index (χ2v) is 3.81. The molecule has 0 aliphatic rings. The molecule has 0 atom stereocenters. The number of anilines is 1. The van der Waals surface area contributed by atoms with Crippen molar-refractivity contribution in [3.8, 4) is 0 Å². The predicted molar refractivity (Wildman–Crippen MR) is 64.8 cm³/mol. The molecule has 1 aromatic heterocycles. The molecule has 0 aliphatic heterocycles. The van der Waals surface area contributed by atoms with Crippen molar-refractivity contribution in [3.05, 3.63) is 23.5 Å². The number of rotatable bonds is 4. The molecule has 88 valence electrons. The third-order valence-electron chi connectivity index (χ3n) is 1.86. The molecule has 6 heteroatoms. The van der Waals surface area contributed by atoms with Gasteiger partial charge in [-0.15, -0.1) is 0 Å². The van der Waals surface area contributed by atoms with Crippen molar-refractivity contribution in [3.63, 3.8) is 0 Å². The maximum atomic E-state index is 11.2. The molecule has 0 saturated carbocycles. The van der Waals surface area contributed by atoms with Crippen LogP contribution in [0.2, 0.25) is 5.15 Å². The molecule has 1 heterocycles. The Morgan fingerprint density at radius 3 is 2.88 bits per heavy atom. The van der Waals surface area contributed by atoms with Crippen LogP contribution in [-0.4, -0.2) is 43.1 Å². The van der Waals surface area contributed by atoms with Gasteiger partial charge in [0.15, 0.2) is 0 Å². The standard InChI is InChI=1S/C10H15ClN4O/c1-15(2)10(16)14-6-5-12-8-3-4-13-9(11)7-8/h3-4,7H,5-6H2,1-2H3,(H,12,13)(H,14,16). The summed E-state index contributed by atoms with van der Waals surface area (Å²) >= 11 is 5.72. The zero-order chi connectivity index (χ0) is 12.0. The number of hydrogen-bond acceptors (Lipinski definition) is 3. The number of carbonyl (C=O) groups is 1. The first-order chi connectivity index (χ1) is 7.59. The Bertz CT molecular complexity index is 356. The Morgan fingerprint density at radius 2 is 2.25 bits per heavy atom. The van der Waals surface area contributed by atoms with E-state index < -0.39 is 0 Å². The minimum atomic E-state index is -0.102. The maximum absolute atomic E-state index is 11.2. The molecular formula is C10H15ClN4O. The summed E-state index contributed by atoms with van der Waals surface area (Å²) in [7, 11) is 3.40. The van der Waals surface area contributed by atoms with Crippen LogP contribution in [0.1, 0.15) is 0 Å². The Hall–Kier alpha value is -1.49. The van der Waals surface area contributed by atoms with Crippen molar-refractivity contribution in [2.45, 2.75) is 0 Å². The van der Waals surface area contributed by atoms with E-state index in [4.69, 9.17) is 11.6 Å². The van der Waals surface area contributed by atoms with Crippen LogP contribution in [0.3, 0.4) is 0 Å². The highest BCUT2D eigenvalue weighted by molar-refractivity contribution is 6.29. The molecule has 0 aromatic carbocycles. The molecule has 2 amide bonds. The van der Waals surface area contributed by atoms with Crippen LogP contribution in [-0.2, 0) is 0 Å². The van der Waals surface area contributed by atoms with Crippen molar-refractivity contribution < 1.29 is 4.79 Å². The smallest absolute Gasteiger partial charge is 0.316 e. The first kappa shape index (κ1) is 12.6. The van der Waals surface area contributed by atoms with Gasteiger partial charge in [0.1, 0.15) is 5.15 Å². The molecule has 16 heavy (non-hydrogen) atoms. The molecule has 0 saturated heterocycles. The summed E-state index contributed by atoms with van der Waals surface area (Å²) in [5.74, 6) is 0. The molecule has 1 aromatic rings. The van der Waals surface area contributed by atoms with Crippen LogP contribution in [0.5, 0.6) is 0 Å². The first-order valence-corrected chi connectivity index (χ1v) is 5.28. The van der Waals surface area contributed by atoms with Gasteiger partial charge in [0.25, 0.3) is 0 Å². The van der Waals surface area contributed by atoms with E-state index >= 15 is 0 Å². The molecule has 0 fully saturated rings. The SMILES string of the molecule is CN(C)C(=O)NCCNc1ccnc(Cl)c1. The van der Waals surface area contributed by atoms with E-state index in [1.54, 1.807) is 26.4 Å². The number of hydrogen-bond donors (Lipinski definition) is 2. The molecule has 0 unspecified atom stereocenters. The second-order valence-electron chi connectivity index (χ2n) is 3.42. The number of halogens is 1. The second kappa shape index (κ2) is 6.17. The van der Waals surface area contributed by atoms with Crippen molar-refractivity contribution in [2.24, 2.45) is 0 Å². The lowest BCUT2D eigenvalue weighted by Crippen LogP contribution is -2.37. The van der Waals surface area contributed by atoms with Gasteiger partial charge < -0.3 is 15.5 Å². The fourth-order valence-electron chi connectivity index (χ4n) is 1.05. The van der Waals surface area contributed by atoms with Gasteiger partial charge in [-0.25, -0.2) is 9.78 Å². The van der Waals surface area contributed by atoms with Crippen molar-refractivity contribution in [2.75, 3.05) is 32.5 Å². The van der Waals surface area contributed by atoms with E-state index in [1.807, 2.05) is 6.07 Å². The maximum Gasteiger partial charge on any atom is 0.316 e. The van der Waals surface area contributed by atoms with E-state index in [9.17, 15) is 4.79 Å². The summed E-state index contributed by atoms with van der Waals surface area (Å²) in [5, 5.41) is 6.31. The quantitative estimate of drug-likeness (QED) is 0.620. The molecule has 0 spiro atoms. The predicted octanol–water partition coefficient (Wildman–Crippen LogP) is 1.42. The summed E-state index contributed by atoms with van der Waals surface area (Å²) in [6, 6.07) is 3.45. The summed E-state index contributed by atoms with van der Waals surface area (Å²) < 4.78 is 0. The van der Waals surface area contributed by atoms with Gasteiger partial charge in [-0.1, -0.05) is 11.6 Å². The van der Waals surface area contributed by atoms with Crippen LogP contribution in [0.4, 0.5) is 10.5 Å². The summed E-state index contributed by atoms with van der Waals surface area (Å²) in [6.45, 7) is 1.19. The zero-order valence-electron chi connectivity index (χ0n) is 9.33. The minimum absolute atomic E-state index is 0.102. The average Bonchev–Trinajstić information content (AvgIpc) is 2.24. The van der Waals surface area contributed by atoms with Gasteiger partial charge in [0, 0.05) is 39.1 Å². The zero-order valence-corrected chi connectivity index (χ0v) is 10.1. The number of pyridine rings is 1. The molecule has 1 rings (SSSR count). The van der Waals surface area contributed by atoms with Crippen molar-refractivity contribution >= 4 is 23.3 Å². The first-order valence-electron chi connectivity index (χ1n) is 4.90. The van der Waals surface area contributed by atoms with Crippen LogP contribution in [0.15, 0.2) is 18.3 Å². The van der Waals surface area contributed by atoms with Gasteiger partial charge >= 0.3 is 6.03 Å². The lowest BCUT2D eigenvalue weighted by Gasteiger charge is -2.12. The van der Waals surface area contributed by atoms with Crippen LogP contribution >= 0.6 is 11.6 Å². The van der Waals surface area contributed by atoms with E-state index in [-0.39, 0.29) is 6.03 Å². The van der Waals surface area contributed by atoms with Crippen LogP contribution in [0.25, 0.3) is 0 Å². The lowest BCUT2D eigenvalue weighted by molar-refractivity contribution is 0.218. The highest BCUT2D eigenvalue weighted by Gasteiger charge is 2.00.